The van der Waals surface area contributed by atoms with Crippen molar-refractivity contribution in [2.75, 3.05) is 13.1 Å². The minimum atomic E-state index is -4.04. The lowest BCUT2D eigenvalue weighted by molar-refractivity contribution is 0.308. The number of nitrogens with zero attached hydrogens (tertiary/aromatic N) is 1. The van der Waals surface area contributed by atoms with Crippen molar-refractivity contribution < 1.29 is 21.2 Å². The SMILES string of the molecule is O=S(=O)(c1ccc(Cl)cc1)C1CN(S(=O)(=O)c2ccccc2F)C1. The molecule has 0 bridgehead atoms. The lowest BCUT2D eigenvalue weighted by Crippen LogP contribution is -2.56. The molecule has 2 aromatic carbocycles. The molecule has 128 valence electrons. The van der Waals surface area contributed by atoms with Crippen LogP contribution < -0.4 is 0 Å². The van der Waals surface area contributed by atoms with Crippen molar-refractivity contribution in [1.82, 2.24) is 4.31 Å². The van der Waals surface area contributed by atoms with Crippen LogP contribution in [0.5, 0.6) is 0 Å². The van der Waals surface area contributed by atoms with E-state index in [4.69, 9.17) is 11.6 Å². The Kier molecular flexibility index (Phi) is 4.41. The summed E-state index contributed by atoms with van der Waals surface area (Å²) in [5, 5.41) is -0.452. The van der Waals surface area contributed by atoms with Crippen LogP contribution in [0.15, 0.2) is 58.3 Å². The van der Waals surface area contributed by atoms with E-state index in [-0.39, 0.29) is 18.0 Å². The molecule has 0 spiro atoms. The van der Waals surface area contributed by atoms with Crippen LogP contribution in [0.1, 0.15) is 0 Å². The molecule has 0 N–H and O–H groups in total. The van der Waals surface area contributed by atoms with E-state index >= 15 is 0 Å². The molecule has 1 saturated heterocycles. The van der Waals surface area contributed by atoms with E-state index in [0.717, 1.165) is 16.4 Å². The molecule has 0 radical (unpaired) electrons. The number of rotatable bonds is 4. The summed E-state index contributed by atoms with van der Waals surface area (Å²) in [5.41, 5.74) is 0. The standard InChI is InChI=1S/C15H13ClFNO4S2/c16-11-5-7-12(8-6-11)23(19,20)13-9-18(10-13)24(21,22)15-4-2-1-3-14(15)17/h1-8,13H,9-10H2. The van der Waals surface area contributed by atoms with Crippen LogP contribution in [0, 0.1) is 5.82 Å². The van der Waals surface area contributed by atoms with Crippen molar-refractivity contribution in [2.24, 2.45) is 0 Å². The van der Waals surface area contributed by atoms with E-state index in [1.54, 1.807) is 0 Å². The largest absolute Gasteiger partial charge is 0.246 e. The molecule has 0 unspecified atom stereocenters. The first-order chi connectivity index (χ1) is 11.2. The molecule has 0 aliphatic carbocycles. The summed E-state index contributed by atoms with van der Waals surface area (Å²) in [4.78, 5) is -0.368. The van der Waals surface area contributed by atoms with Gasteiger partial charge >= 0.3 is 0 Å². The Bertz CT molecular complexity index is 969. The van der Waals surface area contributed by atoms with Gasteiger partial charge in [-0.25, -0.2) is 21.2 Å². The predicted molar refractivity (Wildman–Crippen MR) is 87.6 cm³/mol. The summed E-state index contributed by atoms with van der Waals surface area (Å²) >= 11 is 5.74. The number of halogens is 2. The van der Waals surface area contributed by atoms with Gasteiger partial charge in [-0.3, -0.25) is 0 Å². The van der Waals surface area contributed by atoms with Crippen LogP contribution in [-0.4, -0.2) is 39.5 Å². The summed E-state index contributed by atoms with van der Waals surface area (Å²) in [5.74, 6) is -0.860. The molecule has 9 heteroatoms. The third-order valence-corrected chi connectivity index (χ3v) is 8.07. The zero-order chi connectivity index (χ0) is 17.5. The fourth-order valence-corrected chi connectivity index (χ4v) is 5.97. The van der Waals surface area contributed by atoms with Crippen LogP contribution in [-0.2, 0) is 19.9 Å². The molecule has 24 heavy (non-hydrogen) atoms. The van der Waals surface area contributed by atoms with Crippen LogP contribution in [0.25, 0.3) is 0 Å². The van der Waals surface area contributed by atoms with Gasteiger partial charge in [-0.15, -0.1) is 0 Å². The first-order valence-electron chi connectivity index (χ1n) is 6.97. The normalized spacial score (nSPS) is 16.8. The minimum Gasteiger partial charge on any atom is -0.223 e. The second-order valence-electron chi connectivity index (χ2n) is 5.37. The van der Waals surface area contributed by atoms with E-state index in [1.165, 1.54) is 36.4 Å². The number of hydrogen-bond acceptors (Lipinski definition) is 4. The second kappa shape index (κ2) is 6.11. The van der Waals surface area contributed by atoms with E-state index in [0.29, 0.717) is 5.02 Å². The summed E-state index contributed by atoms with van der Waals surface area (Å²) in [6.45, 7) is -0.413. The maximum atomic E-state index is 13.7. The minimum absolute atomic E-state index is 0.0832. The highest BCUT2D eigenvalue weighted by Gasteiger charge is 2.44. The lowest BCUT2D eigenvalue weighted by atomic mass is 10.3. The summed E-state index contributed by atoms with van der Waals surface area (Å²) in [6.07, 6.45) is 0. The first-order valence-corrected chi connectivity index (χ1v) is 10.3. The third kappa shape index (κ3) is 2.95. The van der Waals surface area contributed by atoms with Crippen LogP contribution in [0.2, 0.25) is 5.02 Å². The zero-order valence-corrected chi connectivity index (χ0v) is 14.7. The van der Waals surface area contributed by atoms with Gasteiger partial charge in [0, 0.05) is 18.1 Å². The Balaban J connectivity index is 1.80. The Morgan fingerprint density at radius 3 is 2.12 bits per heavy atom. The number of benzene rings is 2. The Labute approximate surface area is 144 Å². The van der Waals surface area contributed by atoms with Crippen molar-refractivity contribution in [2.45, 2.75) is 15.0 Å². The van der Waals surface area contributed by atoms with Gasteiger partial charge in [-0.1, -0.05) is 23.7 Å². The average molecular weight is 390 g/mol. The van der Waals surface area contributed by atoms with Crippen LogP contribution >= 0.6 is 11.6 Å². The third-order valence-electron chi connectivity index (χ3n) is 3.85. The quantitative estimate of drug-likeness (QED) is 0.804. The van der Waals surface area contributed by atoms with Crippen molar-refractivity contribution in [3.8, 4) is 0 Å². The first kappa shape index (κ1) is 17.3. The number of hydrogen-bond donors (Lipinski definition) is 0. The summed E-state index contributed by atoms with van der Waals surface area (Å²) in [7, 11) is -7.71. The monoisotopic (exact) mass is 389 g/mol. The Hall–Kier alpha value is -1.48. The predicted octanol–water partition coefficient (Wildman–Crippen LogP) is 2.33. The van der Waals surface area contributed by atoms with Crippen molar-refractivity contribution >= 4 is 31.5 Å². The Morgan fingerprint density at radius 2 is 1.54 bits per heavy atom. The molecule has 2 aromatic rings. The molecule has 1 fully saturated rings. The van der Waals surface area contributed by atoms with Gasteiger partial charge in [0.25, 0.3) is 0 Å². The van der Waals surface area contributed by atoms with Crippen LogP contribution in [0.4, 0.5) is 4.39 Å². The van der Waals surface area contributed by atoms with Crippen molar-refractivity contribution in [3.05, 3.63) is 59.4 Å². The molecule has 0 saturated carbocycles. The maximum absolute atomic E-state index is 13.7. The average Bonchev–Trinajstić information content (AvgIpc) is 2.45. The number of sulfonamides is 1. The maximum Gasteiger partial charge on any atom is 0.246 e. The van der Waals surface area contributed by atoms with Gasteiger partial charge in [-0.2, -0.15) is 4.31 Å². The highest BCUT2D eigenvalue weighted by atomic mass is 35.5. The van der Waals surface area contributed by atoms with Gasteiger partial charge in [0.15, 0.2) is 9.84 Å². The molecule has 0 amide bonds. The van der Waals surface area contributed by atoms with Gasteiger partial charge < -0.3 is 0 Å². The van der Waals surface area contributed by atoms with Gasteiger partial charge in [0.1, 0.15) is 10.7 Å². The van der Waals surface area contributed by atoms with Crippen molar-refractivity contribution in [3.63, 3.8) is 0 Å². The van der Waals surface area contributed by atoms with E-state index < -0.39 is 35.8 Å². The van der Waals surface area contributed by atoms with E-state index in [2.05, 4.69) is 0 Å². The fourth-order valence-electron chi connectivity index (χ4n) is 2.40. The van der Waals surface area contributed by atoms with Gasteiger partial charge in [-0.05, 0) is 36.4 Å². The van der Waals surface area contributed by atoms with Crippen LogP contribution in [0.3, 0.4) is 0 Å². The number of sulfone groups is 1. The molecule has 1 aliphatic heterocycles. The second-order valence-corrected chi connectivity index (χ2v) is 9.94. The fraction of sp³-hybridized carbons (Fsp3) is 0.200. The molecule has 3 rings (SSSR count). The highest BCUT2D eigenvalue weighted by Crippen LogP contribution is 2.30. The smallest absolute Gasteiger partial charge is 0.223 e. The summed E-state index contributed by atoms with van der Waals surface area (Å²) in [6, 6.07) is 10.7. The Morgan fingerprint density at radius 1 is 0.958 bits per heavy atom. The molecule has 1 aliphatic rings. The lowest BCUT2D eigenvalue weighted by Gasteiger charge is -2.37. The molecule has 5 nitrogen and oxygen atoms in total. The van der Waals surface area contributed by atoms with E-state index in [9.17, 15) is 21.2 Å². The molecule has 0 aromatic heterocycles. The molecular weight excluding hydrogens is 377 g/mol. The highest BCUT2D eigenvalue weighted by molar-refractivity contribution is 7.92. The zero-order valence-electron chi connectivity index (χ0n) is 12.3. The van der Waals surface area contributed by atoms with Gasteiger partial charge in [0.05, 0.1) is 10.1 Å². The topological polar surface area (TPSA) is 71.5 Å². The summed E-state index contributed by atoms with van der Waals surface area (Å²) < 4.78 is 64.3. The van der Waals surface area contributed by atoms with Gasteiger partial charge in [0.2, 0.25) is 10.0 Å². The molecule has 1 heterocycles. The molecular formula is C15H13ClFNO4S2. The van der Waals surface area contributed by atoms with E-state index in [1.807, 2.05) is 0 Å². The molecule has 0 atom stereocenters. The van der Waals surface area contributed by atoms with Crippen molar-refractivity contribution in [1.29, 1.82) is 0 Å².